The normalized spacial score (nSPS) is 12.7. The minimum Gasteiger partial charge on any atom is -0.507 e. The lowest BCUT2D eigenvalue weighted by Crippen LogP contribution is -2.16. The standard InChI is InChI=1S/C11H13NO3/c1-8(11(14)15-2)12-7-9-5-3-4-6-10(9)13/h3-8,13H,1-2H3. The molecule has 15 heavy (non-hydrogen) atoms. The van der Waals surface area contributed by atoms with E-state index < -0.39 is 12.0 Å². The zero-order valence-corrected chi connectivity index (χ0v) is 8.68. The highest BCUT2D eigenvalue weighted by molar-refractivity contribution is 5.86. The number of aromatic hydroxyl groups is 1. The van der Waals surface area contributed by atoms with Crippen molar-refractivity contribution in [2.75, 3.05) is 7.11 Å². The third-order valence-electron chi connectivity index (χ3n) is 1.92. The number of phenols is 1. The maximum atomic E-state index is 11.0. The highest BCUT2D eigenvalue weighted by Gasteiger charge is 2.09. The molecule has 1 rings (SSSR count). The number of phenolic OH excluding ortho intramolecular Hbond substituents is 1. The van der Waals surface area contributed by atoms with Crippen LogP contribution in [0.2, 0.25) is 0 Å². The van der Waals surface area contributed by atoms with E-state index in [1.54, 1.807) is 31.2 Å². The quantitative estimate of drug-likeness (QED) is 0.601. The summed E-state index contributed by atoms with van der Waals surface area (Å²) in [6.07, 6.45) is 1.46. The van der Waals surface area contributed by atoms with Crippen LogP contribution in [-0.2, 0) is 9.53 Å². The molecule has 1 aromatic rings. The Morgan fingerprint density at radius 1 is 1.53 bits per heavy atom. The number of benzene rings is 1. The van der Waals surface area contributed by atoms with Crippen LogP contribution in [0.5, 0.6) is 5.75 Å². The van der Waals surface area contributed by atoms with Gasteiger partial charge in [-0.3, -0.25) is 4.99 Å². The van der Waals surface area contributed by atoms with Gasteiger partial charge in [-0.15, -0.1) is 0 Å². The Labute approximate surface area is 88.2 Å². The molecule has 4 heteroatoms. The summed E-state index contributed by atoms with van der Waals surface area (Å²) >= 11 is 0. The summed E-state index contributed by atoms with van der Waals surface area (Å²) in [5.41, 5.74) is 0.577. The zero-order valence-electron chi connectivity index (χ0n) is 8.68. The fourth-order valence-electron chi connectivity index (χ4n) is 1.02. The van der Waals surface area contributed by atoms with Crippen molar-refractivity contribution in [3.63, 3.8) is 0 Å². The predicted molar refractivity (Wildman–Crippen MR) is 57.2 cm³/mol. The summed E-state index contributed by atoms with van der Waals surface area (Å²) in [7, 11) is 1.31. The molecule has 0 amide bonds. The van der Waals surface area contributed by atoms with Gasteiger partial charge >= 0.3 is 5.97 Å². The number of nitrogens with zero attached hydrogens (tertiary/aromatic N) is 1. The summed E-state index contributed by atoms with van der Waals surface area (Å²) in [5, 5.41) is 9.41. The molecule has 4 nitrogen and oxygen atoms in total. The molecule has 0 bridgehead atoms. The first kappa shape index (κ1) is 11.2. The van der Waals surface area contributed by atoms with Crippen LogP contribution in [0.4, 0.5) is 0 Å². The van der Waals surface area contributed by atoms with Gasteiger partial charge in [0, 0.05) is 11.8 Å². The van der Waals surface area contributed by atoms with E-state index in [4.69, 9.17) is 0 Å². The second-order valence-corrected chi connectivity index (χ2v) is 3.04. The lowest BCUT2D eigenvalue weighted by atomic mass is 10.2. The molecule has 1 N–H and O–H groups in total. The van der Waals surface area contributed by atoms with E-state index in [1.807, 2.05) is 0 Å². The van der Waals surface area contributed by atoms with E-state index in [0.717, 1.165) is 0 Å². The Morgan fingerprint density at radius 3 is 2.80 bits per heavy atom. The number of para-hydroxylation sites is 1. The maximum absolute atomic E-state index is 11.0. The summed E-state index contributed by atoms with van der Waals surface area (Å²) in [6.45, 7) is 1.63. The van der Waals surface area contributed by atoms with Gasteiger partial charge in [-0.25, -0.2) is 4.79 Å². The van der Waals surface area contributed by atoms with Crippen molar-refractivity contribution in [3.8, 4) is 5.75 Å². The number of methoxy groups -OCH3 is 1. The molecule has 0 aliphatic rings. The number of carbonyl (C=O) groups is 1. The van der Waals surface area contributed by atoms with Crippen LogP contribution >= 0.6 is 0 Å². The Morgan fingerprint density at radius 2 is 2.20 bits per heavy atom. The van der Waals surface area contributed by atoms with E-state index in [1.165, 1.54) is 13.3 Å². The molecule has 1 unspecified atom stereocenters. The van der Waals surface area contributed by atoms with Crippen molar-refractivity contribution >= 4 is 12.2 Å². The van der Waals surface area contributed by atoms with Crippen LogP contribution in [-0.4, -0.2) is 30.4 Å². The molecule has 0 radical (unpaired) electrons. The van der Waals surface area contributed by atoms with Crippen molar-refractivity contribution in [2.45, 2.75) is 13.0 Å². The van der Waals surface area contributed by atoms with Crippen LogP contribution in [0, 0.1) is 0 Å². The average Bonchev–Trinajstić information content (AvgIpc) is 2.26. The molecule has 80 valence electrons. The van der Waals surface area contributed by atoms with Crippen molar-refractivity contribution < 1.29 is 14.6 Å². The Bertz CT molecular complexity index is 374. The van der Waals surface area contributed by atoms with Crippen LogP contribution in [0.15, 0.2) is 29.3 Å². The molecule has 0 heterocycles. The van der Waals surface area contributed by atoms with Crippen LogP contribution in [0.1, 0.15) is 12.5 Å². The number of hydrogen-bond donors (Lipinski definition) is 1. The Kier molecular flexibility index (Phi) is 3.85. The minimum atomic E-state index is -0.561. The minimum absolute atomic E-state index is 0.137. The monoisotopic (exact) mass is 207 g/mol. The van der Waals surface area contributed by atoms with E-state index in [9.17, 15) is 9.90 Å². The van der Waals surface area contributed by atoms with Gasteiger partial charge in [0.1, 0.15) is 11.8 Å². The average molecular weight is 207 g/mol. The van der Waals surface area contributed by atoms with Crippen molar-refractivity contribution in [3.05, 3.63) is 29.8 Å². The number of esters is 1. The fourth-order valence-corrected chi connectivity index (χ4v) is 1.02. The van der Waals surface area contributed by atoms with Gasteiger partial charge in [-0.05, 0) is 19.1 Å². The second-order valence-electron chi connectivity index (χ2n) is 3.04. The van der Waals surface area contributed by atoms with Crippen molar-refractivity contribution in [2.24, 2.45) is 4.99 Å². The highest BCUT2D eigenvalue weighted by atomic mass is 16.5. The molecule has 0 saturated carbocycles. The predicted octanol–water partition coefficient (Wildman–Crippen LogP) is 1.37. The number of aliphatic imine (C=N–C) groups is 1. The molecular formula is C11H13NO3. The summed E-state index contributed by atoms with van der Waals surface area (Å²) < 4.78 is 4.52. The lowest BCUT2D eigenvalue weighted by Gasteiger charge is -2.03. The molecule has 0 aliphatic carbocycles. The first-order chi connectivity index (χ1) is 7.15. The van der Waals surface area contributed by atoms with Crippen LogP contribution in [0.25, 0.3) is 0 Å². The largest absolute Gasteiger partial charge is 0.507 e. The smallest absolute Gasteiger partial charge is 0.330 e. The number of carbonyl (C=O) groups excluding carboxylic acids is 1. The molecule has 1 atom stereocenters. The molecule has 0 aromatic heterocycles. The first-order valence-corrected chi connectivity index (χ1v) is 4.54. The van der Waals surface area contributed by atoms with Crippen molar-refractivity contribution in [1.82, 2.24) is 0 Å². The van der Waals surface area contributed by atoms with Gasteiger partial charge in [-0.2, -0.15) is 0 Å². The topological polar surface area (TPSA) is 58.9 Å². The van der Waals surface area contributed by atoms with E-state index in [0.29, 0.717) is 5.56 Å². The first-order valence-electron chi connectivity index (χ1n) is 4.54. The van der Waals surface area contributed by atoms with E-state index in [-0.39, 0.29) is 5.75 Å². The zero-order chi connectivity index (χ0) is 11.3. The third kappa shape index (κ3) is 3.09. The number of rotatable bonds is 3. The van der Waals surface area contributed by atoms with E-state index >= 15 is 0 Å². The fraction of sp³-hybridized carbons (Fsp3) is 0.273. The number of hydrogen-bond acceptors (Lipinski definition) is 4. The van der Waals surface area contributed by atoms with Gasteiger partial charge < -0.3 is 9.84 Å². The van der Waals surface area contributed by atoms with Gasteiger partial charge in [0.2, 0.25) is 0 Å². The van der Waals surface area contributed by atoms with Gasteiger partial charge in [0.25, 0.3) is 0 Å². The highest BCUT2D eigenvalue weighted by Crippen LogP contribution is 2.13. The number of ether oxygens (including phenoxy) is 1. The van der Waals surface area contributed by atoms with Gasteiger partial charge in [0.05, 0.1) is 7.11 Å². The second kappa shape index (κ2) is 5.14. The Hall–Kier alpha value is -1.84. The van der Waals surface area contributed by atoms with E-state index in [2.05, 4.69) is 9.73 Å². The molecule has 0 spiro atoms. The molecular weight excluding hydrogens is 194 g/mol. The van der Waals surface area contributed by atoms with Gasteiger partial charge in [0.15, 0.2) is 0 Å². The van der Waals surface area contributed by atoms with Crippen LogP contribution < -0.4 is 0 Å². The Balaban J connectivity index is 2.74. The molecule has 0 saturated heterocycles. The summed E-state index contributed by atoms with van der Waals surface area (Å²) in [5.74, 6) is -0.264. The third-order valence-corrected chi connectivity index (χ3v) is 1.92. The SMILES string of the molecule is COC(=O)C(C)N=Cc1ccccc1O. The summed E-state index contributed by atoms with van der Waals surface area (Å²) in [4.78, 5) is 15.0. The maximum Gasteiger partial charge on any atom is 0.330 e. The lowest BCUT2D eigenvalue weighted by molar-refractivity contribution is -0.141. The van der Waals surface area contributed by atoms with Crippen LogP contribution in [0.3, 0.4) is 0 Å². The molecule has 0 fully saturated rings. The summed E-state index contributed by atoms with van der Waals surface area (Å²) in [6, 6.07) is 6.21. The van der Waals surface area contributed by atoms with Gasteiger partial charge in [-0.1, -0.05) is 12.1 Å². The molecule has 1 aromatic carbocycles. The molecule has 0 aliphatic heterocycles. The van der Waals surface area contributed by atoms with Crippen molar-refractivity contribution in [1.29, 1.82) is 0 Å².